The van der Waals surface area contributed by atoms with Crippen molar-refractivity contribution in [3.05, 3.63) is 35.8 Å². The lowest BCUT2D eigenvalue weighted by atomic mass is 10.1. The van der Waals surface area contributed by atoms with Gasteiger partial charge in [-0.05, 0) is 6.07 Å². The quantitative estimate of drug-likeness (QED) is 0.577. The summed E-state index contributed by atoms with van der Waals surface area (Å²) in [7, 11) is 0. The zero-order valence-corrected chi connectivity index (χ0v) is 5.91. The lowest BCUT2D eigenvalue weighted by Gasteiger charge is -2.12. The molecule has 0 radical (unpaired) electrons. The normalized spacial score (nSPS) is 14.7. The number of hydrogen-bond acceptors (Lipinski definition) is 3. The van der Waals surface area contributed by atoms with Gasteiger partial charge in [-0.1, -0.05) is 6.07 Å². The molecule has 0 unspecified atom stereocenters. The summed E-state index contributed by atoms with van der Waals surface area (Å²) in [4.78, 5) is 4.04. The van der Waals surface area contributed by atoms with Crippen LogP contribution in [0.1, 0.15) is 11.3 Å². The maximum Gasteiger partial charge on any atom is 0.157 e. The van der Waals surface area contributed by atoms with Crippen LogP contribution in [0.15, 0.2) is 24.5 Å². The molecule has 1 aromatic heterocycles. The minimum atomic E-state index is 0.215. The van der Waals surface area contributed by atoms with Crippen molar-refractivity contribution >= 4 is 5.76 Å². The van der Waals surface area contributed by atoms with E-state index < -0.39 is 0 Å². The Morgan fingerprint density at radius 2 is 2.45 bits per heavy atom. The molecule has 1 aliphatic heterocycles. The van der Waals surface area contributed by atoms with E-state index in [1.54, 1.807) is 12.4 Å². The van der Waals surface area contributed by atoms with Crippen molar-refractivity contribution in [1.82, 2.24) is 10.3 Å². The molecule has 0 saturated heterocycles. The molecule has 0 spiro atoms. The maximum atomic E-state index is 9.30. The van der Waals surface area contributed by atoms with E-state index in [2.05, 4.69) is 10.3 Å². The molecule has 0 aromatic carbocycles. The highest BCUT2D eigenvalue weighted by molar-refractivity contribution is 5.59. The number of aliphatic hydroxyl groups is 1. The highest BCUT2D eigenvalue weighted by atomic mass is 16.3. The molecule has 11 heavy (non-hydrogen) atoms. The molecule has 2 heterocycles. The molecule has 1 aliphatic rings. The fraction of sp³-hybridized carbons (Fsp3) is 0.125. The molecule has 0 atom stereocenters. The number of nitrogens with one attached hydrogen (secondary N) is 1. The standard InChI is InChI=1S/C8H8N2O/c11-7-5-9-4-6-2-1-3-10-8(6)7/h1-3,5,9,11H,4H2. The first-order valence-corrected chi connectivity index (χ1v) is 3.45. The molecule has 2 rings (SSSR count). The number of nitrogens with zero attached hydrogens (tertiary/aromatic N) is 1. The molecule has 0 bridgehead atoms. The minimum absolute atomic E-state index is 0.215. The first-order valence-electron chi connectivity index (χ1n) is 3.45. The molecule has 2 N–H and O–H groups in total. The summed E-state index contributed by atoms with van der Waals surface area (Å²) < 4.78 is 0. The van der Waals surface area contributed by atoms with Crippen molar-refractivity contribution in [3.8, 4) is 0 Å². The zero-order valence-electron chi connectivity index (χ0n) is 5.91. The number of pyridine rings is 1. The van der Waals surface area contributed by atoms with E-state index >= 15 is 0 Å². The Kier molecular flexibility index (Phi) is 1.28. The third-order valence-corrected chi connectivity index (χ3v) is 1.67. The van der Waals surface area contributed by atoms with E-state index in [-0.39, 0.29) is 5.76 Å². The van der Waals surface area contributed by atoms with E-state index in [9.17, 15) is 5.11 Å². The minimum Gasteiger partial charge on any atom is -0.504 e. The van der Waals surface area contributed by atoms with Crippen LogP contribution in [0.5, 0.6) is 0 Å². The van der Waals surface area contributed by atoms with Crippen LogP contribution in [-0.4, -0.2) is 10.1 Å². The second-order valence-electron chi connectivity index (χ2n) is 2.42. The Morgan fingerprint density at radius 3 is 3.27 bits per heavy atom. The second kappa shape index (κ2) is 2.27. The Labute approximate surface area is 64.4 Å². The van der Waals surface area contributed by atoms with Crippen LogP contribution in [0, 0.1) is 0 Å². The van der Waals surface area contributed by atoms with Crippen molar-refractivity contribution < 1.29 is 5.11 Å². The molecule has 0 aliphatic carbocycles. The van der Waals surface area contributed by atoms with Crippen LogP contribution < -0.4 is 5.32 Å². The summed E-state index contributed by atoms with van der Waals surface area (Å²) in [6, 6.07) is 3.80. The SMILES string of the molecule is OC1=CNCc2cccnc21. The van der Waals surface area contributed by atoms with Crippen LogP contribution in [0.25, 0.3) is 5.76 Å². The summed E-state index contributed by atoms with van der Waals surface area (Å²) in [6.07, 6.45) is 3.24. The van der Waals surface area contributed by atoms with E-state index in [0.717, 1.165) is 12.1 Å². The van der Waals surface area contributed by atoms with Gasteiger partial charge in [-0.15, -0.1) is 0 Å². The van der Waals surface area contributed by atoms with Gasteiger partial charge in [0.2, 0.25) is 0 Å². The van der Waals surface area contributed by atoms with Crippen molar-refractivity contribution in [2.24, 2.45) is 0 Å². The molecular formula is C8H8N2O. The van der Waals surface area contributed by atoms with Crippen LogP contribution in [0.3, 0.4) is 0 Å². The van der Waals surface area contributed by atoms with Crippen molar-refractivity contribution in [2.45, 2.75) is 6.54 Å². The highest BCUT2D eigenvalue weighted by Crippen LogP contribution is 2.16. The summed E-state index contributed by atoms with van der Waals surface area (Å²) in [5, 5.41) is 12.2. The molecule has 0 fully saturated rings. The fourth-order valence-electron chi connectivity index (χ4n) is 1.14. The van der Waals surface area contributed by atoms with Crippen molar-refractivity contribution in [1.29, 1.82) is 0 Å². The highest BCUT2D eigenvalue weighted by Gasteiger charge is 2.10. The van der Waals surface area contributed by atoms with Gasteiger partial charge >= 0.3 is 0 Å². The molecule has 56 valence electrons. The van der Waals surface area contributed by atoms with Gasteiger partial charge in [0.25, 0.3) is 0 Å². The topological polar surface area (TPSA) is 45.1 Å². The van der Waals surface area contributed by atoms with Gasteiger partial charge in [0, 0.05) is 24.5 Å². The van der Waals surface area contributed by atoms with E-state index in [1.807, 2.05) is 12.1 Å². The van der Waals surface area contributed by atoms with E-state index in [1.165, 1.54) is 0 Å². The molecule has 1 aromatic rings. The Balaban J connectivity index is 2.56. The average Bonchev–Trinajstić information content (AvgIpc) is 2.06. The Hall–Kier alpha value is -1.51. The maximum absolute atomic E-state index is 9.30. The van der Waals surface area contributed by atoms with Crippen LogP contribution in [0.2, 0.25) is 0 Å². The lowest BCUT2D eigenvalue weighted by molar-refractivity contribution is 0.497. The fourth-order valence-corrected chi connectivity index (χ4v) is 1.14. The van der Waals surface area contributed by atoms with Gasteiger partial charge in [0.1, 0.15) is 5.69 Å². The Morgan fingerprint density at radius 1 is 1.55 bits per heavy atom. The van der Waals surface area contributed by atoms with Crippen LogP contribution >= 0.6 is 0 Å². The number of hydrogen-bond donors (Lipinski definition) is 2. The zero-order chi connectivity index (χ0) is 7.68. The van der Waals surface area contributed by atoms with Crippen molar-refractivity contribution in [3.63, 3.8) is 0 Å². The molecular weight excluding hydrogens is 140 g/mol. The first kappa shape index (κ1) is 6.22. The largest absolute Gasteiger partial charge is 0.504 e. The van der Waals surface area contributed by atoms with Crippen molar-refractivity contribution in [2.75, 3.05) is 0 Å². The second-order valence-corrected chi connectivity index (χ2v) is 2.42. The van der Waals surface area contributed by atoms with Gasteiger partial charge in [0.05, 0.1) is 0 Å². The molecule has 3 heteroatoms. The molecule has 0 saturated carbocycles. The van der Waals surface area contributed by atoms with Gasteiger partial charge in [-0.2, -0.15) is 0 Å². The number of rotatable bonds is 0. The Bertz CT molecular complexity index is 307. The average molecular weight is 148 g/mol. The predicted octanol–water partition coefficient (Wildman–Crippen LogP) is 1.04. The lowest BCUT2D eigenvalue weighted by Crippen LogP contribution is -2.14. The van der Waals surface area contributed by atoms with Gasteiger partial charge in [-0.3, -0.25) is 4.98 Å². The van der Waals surface area contributed by atoms with Gasteiger partial charge in [-0.25, -0.2) is 0 Å². The molecule has 3 nitrogen and oxygen atoms in total. The van der Waals surface area contributed by atoms with E-state index in [0.29, 0.717) is 5.69 Å². The summed E-state index contributed by atoms with van der Waals surface area (Å²) in [5.74, 6) is 0.215. The van der Waals surface area contributed by atoms with Crippen LogP contribution in [0.4, 0.5) is 0 Å². The number of fused-ring (bicyclic) bond motifs is 1. The predicted molar refractivity (Wildman–Crippen MR) is 41.7 cm³/mol. The number of aliphatic hydroxyl groups excluding tert-OH is 1. The first-order chi connectivity index (χ1) is 5.38. The third-order valence-electron chi connectivity index (χ3n) is 1.67. The summed E-state index contributed by atoms with van der Waals surface area (Å²) >= 11 is 0. The smallest absolute Gasteiger partial charge is 0.157 e. The molecule has 0 amide bonds. The third kappa shape index (κ3) is 0.941. The summed E-state index contributed by atoms with van der Waals surface area (Å²) in [6.45, 7) is 0.743. The van der Waals surface area contributed by atoms with Crippen LogP contribution in [-0.2, 0) is 6.54 Å². The monoisotopic (exact) mass is 148 g/mol. The van der Waals surface area contributed by atoms with E-state index in [4.69, 9.17) is 0 Å². The van der Waals surface area contributed by atoms with Gasteiger partial charge in [0.15, 0.2) is 5.76 Å². The summed E-state index contributed by atoms with van der Waals surface area (Å²) in [5.41, 5.74) is 1.72. The number of aromatic nitrogens is 1. The van der Waals surface area contributed by atoms with Gasteiger partial charge < -0.3 is 10.4 Å².